The Bertz CT molecular complexity index is 507. The largest absolute Gasteiger partial charge is 0.492 e. The van der Waals surface area contributed by atoms with E-state index in [9.17, 15) is 0 Å². The molecule has 1 atom stereocenters. The van der Waals surface area contributed by atoms with Crippen LogP contribution in [0.1, 0.15) is 24.5 Å². The molecule has 0 spiro atoms. The molecule has 1 N–H and O–H groups in total. The highest BCUT2D eigenvalue weighted by molar-refractivity contribution is 5.23. The monoisotopic (exact) mass is 283 g/mol. The summed E-state index contributed by atoms with van der Waals surface area (Å²) in [5.41, 5.74) is 2.66. The summed E-state index contributed by atoms with van der Waals surface area (Å²) < 4.78 is 5.90. The molecule has 0 aromatic heterocycles. The van der Waals surface area contributed by atoms with E-state index in [2.05, 4.69) is 43.4 Å². The molecule has 1 unspecified atom stereocenters. The van der Waals surface area contributed by atoms with Crippen LogP contribution >= 0.6 is 0 Å². The van der Waals surface area contributed by atoms with Gasteiger partial charge in [0.05, 0.1) is 0 Å². The molecule has 0 saturated carbocycles. The molecule has 2 aromatic carbocycles. The van der Waals surface area contributed by atoms with Crippen molar-refractivity contribution in [3.05, 3.63) is 65.7 Å². The molecule has 2 rings (SSSR count). The van der Waals surface area contributed by atoms with Crippen LogP contribution in [0.4, 0.5) is 0 Å². The highest BCUT2D eigenvalue weighted by atomic mass is 16.5. The number of hydrogen-bond acceptors (Lipinski definition) is 2. The Hall–Kier alpha value is -1.80. The van der Waals surface area contributed by atoms with Crippen LogP contribution < -0.4 is 10.1 Å². The average molecular weight is 283 g/mol. The van der Waals surface area contributed by atoms with Gasteiger partial charge in [0.15, 0.2) is 0 Å². The lowest BCUT2D eigenvalue weighted by Gasteiger charge is -2.19. The third kappa shape index (κ3) is 5.60. The normalized spacial score (nSPS) is 12.1. The summed E-state index contributed by atoms with van der Waals surface area (Å²) in [4.78, 5) is 0. The lowest BCUT2D eigenvalue weighted by atomic mass is 10.0. The molecule has 2 heteroatoms. The number of para-hydroxylation sites is 1. The van der Waals surface area contributed by atoms with Crippen molar-refractivity contribution in [1.82, 2.24) is 5.32 Å². The van der Waals surface area contributed by atoms with E-state index in [1.165, 1.54) is 11.1 Å². The Kier molecular flexibility index (Phi) is 6.29. The van der Waals surface area contributed by atoms with E-state index < -0.39 is 0 Å². The summed E-state index contributed by atoms with van der Waals surface area (Å²) in [5, 5.41) is 3.58. The Morgan fingerprint density at radius 3 is 2.38 bits per heavy atom. The summed E-state index contributed by atoms with van der Waals surface area (Å²) in [6.45, 7) is 6.02. The number of rotatable bonds is 8. The fourth-order valence-electron chi connectivity index (χ4n) is 2.26. The van der Waals surface area contributed by atoms with E-state index in [0.717, 1.165) is 25.1 Å². The summed E-state index contributed by atoms with van der Waals surface area (Å²) in [7, 11) is 0. The summed E-state index contributed by atoms with van der Waals surface area (Å²) in [6, 6.07) is 19.1. The lowest BCUT2D eigenvalue weighted by molar-refractivity contribution is 0.263. The fraction of sp³-hybridized carbons (Fsp3) is 0.368. The Labute approximate surface area is 128 Å². The van der Waals surface area contributed by atoms with E-state index >= 15 is 0 Å². The highest BCUT2D eigenvalue weighted by Gasteiger charge is 2.10. The molecule has 0 aliphatic carbocycles. The first-order valence-corrected chi connectivity index (χ1v) is 7.74. The van der Waals surface area contributed by atoms with E-state index in [1.807, 2.05) is 30.3 Å². The molecule has 0 aliphatic heterocycles. The predicted octanol–water partition coefficient (Wildman–Crippen LogP) is 3.98. The molecule has 0 radical (unpaired) electrons. The number of nitrogens with one attached hydrogen (secondary N) is 1. The smallest absolute Gasteiger partial charge is 0.119 e. The molecular formula is C19H25NO. The number of hydrogen-bond donors (Lipinski definition) is 1. The predicted molar refractivity (Wildman–Crippen MR) is 88.9 cm³/mol. The van der Waals surface area contributed by atoms with Gasteiger partial charge in [-0.2, -0.15) is 0 Å². The van der Waals surface area contributed by atoms with Crippen molar-refractivity contribution in [2.24, 2.45) is 0 Å². The maximum Gasteiger partial charge on any atom is 0.119 e. The van der Waals surface area contributed by atoms with Crippen molar-refractivity contribution in [3.8, 4) is 5.75 Å². The second-order valence-corrected chi connectivity index (χ2v) is 5.46. The third-order valence-corrected chi connectivity index (χ3v) is 3.48. The van der Waals surface area contributed by atoms with Gasteiger partial charge >= 0.3 is 0 Å². The third-order valence-electron chi connectivity index (χ3n) is 3.48. The second-order valence-electron chi connectivity index (χ2n) is 5.46. The zero-order chi connectivity index (χ0) is 14.9. The first-order chi connectivity index (χ1) is 10.3. The topological polar surface area (TPSA) is 21.3 Å². The zero-order valence-corrected chi connectivity index (χ0v) is 13.0. The van der Waals surface area contributed by atoms with Crippen molar-refractivity contribution in [1.29, 1.82) is 0 Å². The maximum atomic E-state index is 5.90. The summed E-state index contributed by atoms with van der Waals surface area (Å²) in [6.07, 6.45) is 2.13. The van der Waals surface area contributed by atoms with Gasteiger partial charge in [-0.25, -0.2) is 0 Å². The maximum absolute atomic E-state index is 5.90. The second kappa shape index (κ2) is 8.48. The Morgan fingerprint density at radius 1 is 1.00 bits per heavy atom. The van der Waals surface area contributed by atoms with E-state index in [0.29, 0.717) is 12.6 Å². The van der Waals surface area contributed by atoms with Crippen LogP contribution in [-0.4, -0.2) is 19.2 Å². The first kappa shape index (κ1) is 15.6. The molecule has 112 valence electrons. The van der Waals surface area contributed by atoms with Gasteiger partial charge in [0.2, 0.25) is 0 Å². The van der Waals surface area contributed by atoms with E-state index in [-0.39, 0.29) is 0 Å². The van der Waals surface area contributed by atoms with Gasteiger partial charge in [-0.1, -0.05) is 55.0 Å². The molecule has 0 saturated heterocycles. The number of ether oxygens (including phenoxy) is 1. The van der Waals surface area contributed by atoms with Crippen LogP contribution in [-0.2, 0) is 6.42 Å². The van der Waals surface area contributed by atoms with Gasteiger partial charge in [-0.05, 0) is 44.0 Å². The molecule has 2 aromatic rings. The van der Waals surface area contributed by atoms with Crippen molar-refractivity contribution in [3.63, 3.8) is 0 Å². The fourth-order valence-corrected chi connectivity index (χ4v) is 2.26. The zero-order valence-electron chi connectivity index (χ0n) is 13.0. The molecular weight excluding hydrogens is 258 g/mol. The first-order valence-electron chi connectivity index (χ1n) is 7.74. The van der Waals surface area contributed by atoms with Crippen LogP contribution in [0.5, 0.6) is 5.75 Å². The van der Waals surface area contributed by atoms with Crippen LogP contribution in [0, 0.1) is 6.92 Å². The Balaban J connectivity index is 1.92. The van der Waals surface area contributed by atoms with E-state index in [4.69, 9.17) is 4.74 Å². The van der Waals surface area contributed by atoms with Crippen molar-refractivity contribution in [2.45, 2.75) is 32.7 Å². The molecule has 0 amide bonds. The van der Waals surface area contributed by atoms with Crippen LogP contribution in [0.25, 0.3) is 0 Å². The van der Waals surface area contributed by atoms with Gasteiger partial charge in [0, 0.05) is 6.04 Å². The van der Waals surface area contributed by atoms with Gasteiger partial charge in [-0.15, -0.1) is 0 Å². The quantitative estimate of drug-likeness (QED) is 0.791. The van der Waals surface area contributed by atoms with Gasteiger partial charge in [-0.3, -0.25) is 0 Å². The molecule has 0 bridgehead atoms. The molecule has 0 heterocycles. The van der Waals surface area contributed by atoms with Crippen molar-refractivity contribution < 1.29 is 4.74 Å². The minimum absolute atomic E-state index is 0.341. The lowest BCUT2D eigenvalue weighted by Crippen LogP contribution is -2.37. The average Bonchev–Trinajstić information content (AvgIpc) is 2.53. The number of aryl methyl sites for hydroxylation is 1. The standard InChI is InChI=1S/C19H25NO/c1-3-13-20-18(14-17-11-9-16(2)10-12-17)15-21-19-7-5-4-6-8-19/h4-12,18,20H,3,13-15H2,1-2H3. The summed E-state index contributed by atoms with van der Waals surface area (Å²) in [5.74, 6) is 0.935. The minimum atomic E-state index is 0.341. The molecule has 21 heavy (non-hydrogen) atoms. The molecule has 0 aliphatic rings. The van der Waals surface area contributed by atoms with Gasteiger partial charge in [0.25, 0.3) is 0 Å². The van der Waals surface area contributed by atoms with Crippen molar-refractivity contribution in [2.75, 3.05) is 13.2 Å². The van der Waals surface area contributed by atoms with E-state index in [1.54, 1.807) is 0 Å². The van der Waals surface area contributed by atoms with Crippen molar-refractivity contribution >= 4 is 0 Å². The molecule has 2 nitrogen and oxygen atoms in total. The van der Waals surface area contributed by atoms with Gasteiger partial charge in [0.1, 0.15) is 12.4 Å². The van der Waals surface area contributed by atoms with Gasteiger partial charge < -0.3 is 10.1 Å². The minimum Gasteiger partial charge on any atom is -0.492 e. The van der Waals surface area contributed by atoms with Crippen LogP contribution in [0.15, 0.2) is 54.6 Å². The molecule has 0 fully saturated rings. The van der Waals surface area contributed by atoms with Crippen LogP contribution in [0.2, 0.25) is 0 Å². The Morgan fingerprint density at radius 2 is 1.71 bits per heavy atom. The highest BCUT2D eigenvalue weighted by Crippen LogP contribution is 2.11. The SMILES string of the molecule is CCCNC(COc1ccccc1)Cc1ccc(C)cc1. The van der Waals surface area contributed by atoms with Crippen LogP contribution in [0.3, 0.4) is 0 Å². The summed E-state index contributed by atoms with van der Waals surface area (Å²) >= 11 is 0. The number of benzene rings is 2.